The Hall–Kier alpha value is -0.800. The molecule has 2 aliphatic rings. The summed E-state index contributed by atoms with van der Waals surface area (Å²) in [5.41, 5.74) is 1.24. The second-order valence-electron chi connectivity index (χ2n) is 6.10. The molecule has 19 heavy (non-hydrogen) atoms. The van der Waals surface area contributed by atoms with Crippen LogP contribution < -0.4 is 5.32 Å². The van der Waals surface area contributed by atoms with Gasteiger partial charge in [-0.15, -0.1) is 0 Å². The summed E-state index contributed by atoms with van der Waals surface area (Å²) in [5.74, 6) is 0.997. The molecule has 0 radical (unpaired) electrons. The van der Waals surface area contributed by atoms with Gasteiger partial charge in [0.05, 0.1) is 12.5 Å². The summed E-state index contributed by atoms with van der Waals surface area (Å²) in [5, 5.41) is 3.53. The van der Waals surface area contributed by atoms with Crippen molar-refractivity contribution in [3.63, 3.8) is 0 Å². The summed E-state index contributed by atoms with van der Waals surface area (Å²) in [4.78, 5) is 2.75. The Bertz CT molecular complexity index is 361. The minimum Gasteiger partial charge on any atom is -0.472 e. The lowest BCUT2D eigenvalue weighted by Gasteiger charge is -2.44. The average Bonchev–Trinajstić information content (AvgIpc) is 2.97. The minimum atomic E-state index is 0.887. The smallest absolute Gasteiger partial charge is 0.0947 e. The van der Waals surface area contributed by atoms with Crippen molar-refractivity contribution in [3.05, 3.63) is 24.2 Å². The Morgan fingerprint density at radius 3 is 3.00 bits per heavy atom. The highest BCUT2D eigenvalue weighted by molar-refractivity contribution is 5.04. The molecule has 2 atom stereocenters. The second kappa shape index (κ2) is 6.58. The molecule has 0 bridgehead atoms. The minimum absolute atomic E-state index is 0.887. The largest absolute Gasteiger partial charge is 0.472 e. The molecule has 2 fully saturated rings. The van der Waals surface area contributed by atoms with Crippen LogP contribution in [0, 0.1) is 5.92 Å². The maximum Gasteiger partial charge on any atom is 0.0947 e. The second-order valence-corrected chi connectivity index (χ2v) is 6.10. The molecule has 1 aromatic rings. The zero-order valence-corrected chi connectivity index (χ0v) is 11.8. The van der Waals surface area contributed by atoms with Crippen molar-refractivity contribution in [2.45, 2.75) is 51.1 Å². The fourth-order valence-electron chi connectivity index (χ4n) is 3.85. The molecule has 1 aliphatic heterocycles. The summed E-state index contributed by atoms with van der Waals surface area (Å²) in [6, 6.07) is 2.92. The van der Waals surface area contributed by atoms with Gasteiger partial charge >= 0.3 is 0 Å². The summed E-state index contributed by atoms with van der Waals surface area (Å²) in [6.45, 7) is 4.54. The van der Waals surface area contributed by atoms with Crippen molar-refractivity contribution in [2.75, 3.05) is 19.6 Å². The summed E-state index contributed by atoms with van der Waals surface area (Å²) in [7, 11) is 0. The van der Waals surface area contributed by atoms with E-state index in [1.807, 2.05) is 12.3 Å². The average molecular weight is 262 g/mol. The van der Waals surface area contributed by atoms with Crippen LogP contribution in [0.1, 0.15) is 44.1 Å². The molecule has 0 amide bonds. The van der Waals surface area contributed by atoms with E-state index in [1.54, 1.807) is 6.26 Å². The first-order chi connectivity index (χ1) is 9.43. The summed E-state index contributed by atoms with van der Waals surface area (Å²) in [6.07, 6.45) is 12.3. The van der Waals surface area contributed by atoms with Gasteiger partial charge in [-0.25, -0.2) is 0 Å². The molecule has 1 aliphatic carbocycles. The standard InChI is InChI=1S/C16H26N2O/c1-2-6-16-15(4-1)5-3-9-18(16)10-8-17-12-14-7-11-19-13-14/h7,11,13,15-17H,1-6,8-10,12H2. The van der Waals surface area contributed by atoms with Gasteiger partial charge in [0.25, 0.3) is 0 Å². The van der Waals surface area contributed by atoms with Crippen LogP contribution in [0.25, 0.3) is 0 Å². The third-order valence-electron chi connectivity index (χ3n) is 4.84. The van der Waals surface area contributed by atoms with Gasteiger partial charge in [-0.2, -0.15) is 0 Å². The van der Waals surface area contributed by atoms with Crippen molar-refractivity contribution >= 4 is 0 Å². The Kier molecular flexibility index (Phi) is 4.57. The Balaban J connectivity index is 1.41. The molecule has 2 heterocycles. The highest BCUT2D eigenvalue weighted by Gasteiger charge is 2.32. The number of nitrogens with one attached hydrogen (secondary N) is 1. The van der Waals surface area contributed by atoms with Crippen LogP contribution in [0.5, 0.6) is 0 Å². The lowest BCUT2D eigenvalue weighted by Crippen LogP contribution is -2.48. The number of furan rings is 1. The van der Waals surface area contributed by atoms with Crippen molar-refractivity contribution in [1.82, 2.24) is 10.2 Å². The molecule has 3 nitrogen and oxygen atoms in total. The maximum absolute atomic E-state index is 5.08. The van der Waals surface area contributed by atoms with Crippen LogP contribution in [-0.2, 0) is 6.54 Å². The highest BCUT2D eigenvalue weighted by atomic mass is 16.3. The van der Waals surface area contributed by atoms with Gasteiger partial charge < -0.3 is 9.73 Å². The molecule has 3 rings (SSSR count). The number of hydrogen-bond donors (Lipinski definition) is 1. The van der Waals surface area contributed by atoms with E-state index in [9.17, 15) is 0 Å². The Morgan fingerprint density at radius 2 is 2.11 bits per heavy atom. The SMILES string of the molecule is c1cc(CNCCN2CCCC3CCCCC32)co1. The molecular formula is C16H26N2O. The van der Waals surface area contributed by atoms with Crippen molar-refractivity contribution in [2.24, 2.45) is 5.92 Å². The molecule has 1 saturated carbocycles. The van der Waals surface area contributed by atoms with Gasteiger partial charge in [0.1, 0.15) is 0 Å². The fraction of sp³-hybridized carbons (Fsp3) is 0.750. The van der Waals surface area contributed by atoms with Gasteiger partial charge in [0, 0.05) is 31.2 Å². The van der Waals surface area contributed by atoms with Crippen molar-refractivity contribution in [1.29, 1.82) is 0 Å². The molecule has 0 spiro atoms. The zero-order valence-electron chi connectivity index (χ0n) is 11.8. The van der Waals surface area contributed by atoms with Crippen LogP contribution in [0.3, 0.4) is 0 Å². The Morgan fingerprint density at radius 1 is 1.21 bits per heavy atom. The van der Waals surface area contributed by atoms with Crippen LogP contribution >= 0.6 is 0 Å². The number of fused-ring (bicyclic) bond motifs is 1. The first-order valence-corrected chi connectivity index (χ1v) is 7.89. The lowest BCUT2D eigenvalue weighted by atomic mass is 9.78. The first-order valence-electron chi connectivity index (χ1n) is 7.89. The van der Waals surface area contributed by atoms with Gasteiger partial charge in [-0.3, -0.25) is 4.90 Å². The van der Waals surface area contributed by atoms with Crippen molar-refractivity contribution in [3.8, 4) is 0 Å². The van der Waals surface area contributed by atoms with E-state index in [0.717, 1.165) is 25.0 Å². The molecule has 3 heteroatoms. The van der Waals surface area contributed by atoms with Gasteiger partial charge in [0.2, 0.25) is 0 Å². The molecule has 1 aromatic heterocycles. The van der Waals surface area contributed by atoms with Crippen LogP contribution in [-0.4, -0.2) is 30.6 Å². The first kappa shape index (κ1) is 13.2. The molecule has 0 aromatic carbocycles. The zero-order chi connectivity index (χ0) is 12.9. The molecular weight excluding hydrogens is 236 g/mol. The van der Waals surface area contributed by atoms with E-state index in [0.29, 0.717) is 0 Å². The molecule has 1 N–H and O–H groups in total. The topological polar surface area (TPSA) is 28.4 Å². The monoisotopic (exact) mass is 262 g/mol. The van der Waals surface area contributed by atoms with E-state index >= 15 is 0 Å². The number of nitrogens with zero attached hydrogens (tertiary/aromatic N) is 1. The lowest BCUT2D eigenvalue weighted by molar-refractivity contribution is 0.0618. The van der Waals surface area contributed by atoms with Crippen LogP contribution in [0.15, 0.2) is 23.0 Å². The normalized spacial score (nSPS) is 28.2. The molecule has 106 valence electrons. The van der Waals surface area contributed by atoms with Crippen LogP contribution in [0.2, 0.25) is 0 Å². The highest BCUT2D eigenvalue weighted by Crippen LogP contribution is 2.34. The van der Waals surface area contributed by atoms with Gasteiger partial charge in [0.15, 0.2) is 0 Å². The summed E-state index contributed by atoms with van der Waals surface area (Å²) < 4.78 is 5.08. The third-order valence-corrected chi connectivity index (χ3v) is 4.84. The van der Waals surface area contributed by atoms with Gasteiger partial charge in [-0.1, -0.05) is 12.8 Å². The van der Waals surface area contributed by atoms with E-state index in [2.05, 4.69) is 10.2 Å². The summed E-state index contributed by atoms with van der Waals surface area (Å²) >= 11 is 0. The quantitative estimate of drug-likeness (QED) is 0.827. The fourth-order valence-corrected chi connectivity index (χ4v) is 3.85. The maximum atomic E-state index is 5.08. The van der Waals surface area contributed by atoms with E-state index in [1.165, 1.54) is 57.2 Å². The predicted octanol–water partition coefficient (Wildman–Crippen LogP) is 3.02. The van der Waals surface area contributed by atoms with Crippen molar-refractivity contribution < 1.29 is 4.42 Å². The number of piperidine rings is 1. The number of rotatable bonds is 5. The predicted molar refractivity (Wildman–Crippen MR) is 77.0 cm³/mol. The molecule has 1 saturated heterocycles. The van der Waals surface area contributed by atoms with E-state index < -0.39 is 0 Å². The molecule has 2 unspecified atom stereocenters. The number of hydrogen-bond acceptors (Lipinski definition) is 3. The Labute approximate surface area is 116 Å². The van der Waals surface area contributed by atoms with Gasteiger partial charge in [-0.05, 0) is 44.2 Å². The van der Waals surface area contributed by atoms with Crippen LogP contribution in [0.4, 0.5) is 0 Å². The third kappa shape index (κ3) is 3.40. The van der Waals surface area contributed by atoms with E-state index in [-0.39, 0.29) is 0 Å². The number of likely N-dealkylation sites (tertiary alicyclic amines) is 1. The van der Waals surface area contributed by atoms with E-state index in [4.69, 9.17) is 4.42 Å².